The minimum Gasteiger partial charge on any atom is -0.321 e. The molecule has 23 heavy (non-hydrogen) atoms. The van der Waals surface area contributed by atoms with Crippen molar-refractivity contribution in [3.63, 3.8) is 0 Å². The van der Waals surface area contributed by atoms with Gasteiger partial charge in [0, 0.05) is 11.9 Å². The number of carbonyl (C=O) groups excluding carboxylic acids is 1. The predicted molar refractivity (Wildman–Crippen MR) is 89.4 cm³/mol. The van der Waals surface area contributed by atoms with Crippen molar-refractivity contribution >= 4 is 34.5 Å². The van der Waals surface area contributed by atoms with Crippen molar-refractivity contribution in [1.29, 1.82) is 0 Å². The SMILES string of the molecule is Cc1nc(-c2ccccn2)sc1C(=O)Nc1ccc(F)c(Cl)c1. The van der Waals surface area contributed by atoms with Crippen molar-refractivity contribution in [2.24, 2.45) is 0 Å². The molecule has 0 spiro atoms. The Morgan fingerprint density at radius 1 is 1.30 bits per heavy atom. The largest absolute Gasteiger partial charge is 0.321 e. The maximum Gasteiger partial charge on any atom is 0.267 e. The van der Waals surface area contributed by atoms with E-state index in [-0.39, 0.29) is 10.9 Å². The van der Waals surface area contributed by atoms with Crippen LogP contribution in [0.5, 0.6) is 0 Å². The fourth-order valence-corrected chi connectivity index (χ4v) is 3.09. The predicted octanol–water partition coefficient (Wildman–Crippen LogP) is 4.56. The van der Waals surface area contributed by atoms with E-state index < -0.39 is 5.82 Å². The topological polar surface area (TPSA) is 54.9 Å². The van der Waals surface area contributed by atoms with E-state index in [1.54, 1.807) is 13.1 Å². The van der Waals surface area contributed by atoms with Gasteiger partial charge in [-0.3, -0.25) is 9.78 Å². The molecule has 0 bridgehead atoms. The highest BCUT2D eigenvalue weighted by Crippen LogP contribution is 2.27. The summed E-state index contributed by atoms with van der Waals surface area (Å²) in [6.07, 6.45) is 1.67. The molecule has 0 saturated carbocycles. The Labute approximate surface area is 141 Å². The molecular formula is C16H11ClFN3OS. The second-order valence-corrected chi connectivity index (χ2v) is 6.14. The van der Waals surface area contributed by atoms with E-state index in [1.165, 1.54) is 29.5 Å². The molecule has 1 aromatic carbocycles. The first-order valence-electron chi connectivity index (χ1n) is 6.70. The molecule has 116 valence electrons. The molecule has 0 aliphatic heterocycles. The van der Waals surface area contributed by atoms with Crippen LogP contribution in [0.4, 0.5) is 10.1 Å². The molecule has 1 N–H and O–H groups in total. The Hall–Kier alpha value is -2.31. The molecule has 1 amide bonds. The summed E-state index contributed by atoms with van der Waals surface area (Å²) in [7, 11) is 0. The molecule has 4 nitrogen and oxygen atoms in total. The van der Waals surface area contributed by atoms with E-state index in [9.17, 15) is 9.18 Å². The molecule has 0 aliphatic carbocycles. The average Bonchev–Trinajstić information content (AvgIpc) is 2.94. The van der Waals surface area contributed by atoms with E-state index in [1.807, 2.05) is 18.2 Å². The number of benzene rings is 1. The minimum absolute atomic E-state index is 0.0435. The lowest BCUT2D eigenvalue weighted by atomic mass is 10.3. The number of anilines is 1. The van der Waals surface area contributed by atoms with Crippen LogP contribution in [-0.2, 0) is 0 Å². The number of nitrogens with zero attached hydrogens (tertiary/aromatic N) is 2. The number of thiazole rings is 1. The fraction of sp³-hybridized carbons (Fsp3) is 0.0625. The van der Waals surface area contributed by atoms with Crippen LogP contribution in [-0.4, -0.2) is 15.9 Å². The van der Waals surface area contributed by atoms with E-state index in [2.05, 4.69) is 15.3 Å². The molecule has 0 aliphatic rings. The second kappa shape index (κ2) is 6.44. The number of nitrogens with one attached hydrogen (secondary N) is 1. The number of aryl methyl sites for hydroxylation is 1. The third-order valence-electron chi connectivity index (χ3n) is 3.06. The Morgan fingerprint density at radius 3 is 2.83 bits per heavy atom. The number of pyridine rings is 1. The van der Waals surface area contributed by atoms with Crippen molar-refractivity contribution in [3.05, 3.63) is 64.0 Å². The van der Waals surface area contributed by atoms with Gasteiger partial charge in [0.15, 0.2) is 0 Å². The van der Waals surface area contributed by atoms with Crippen molar-refractivity contribution in [3.8, 4) is 10.7 Å². The van der Waals surface area contributed by atoms with E-state index in [4.69, 9.17) is 11.6 Å². The lowest BCUT2D eigenvalue weighted by Gasteiger charge is -2.04. The summed E-state index contributed by atoms with van der Waals surface area (Å²) in [6.45, 7) is 1.76. The first kappa shape index (κ1) is 15.6. The van der Waals surface area contributed by atoms with Crippen molar-refractivity contribution in [1.82, 2.24) is 9.97 Å². The van der Waals surface area contributed by atoms with E-state index in [0.29, 0.717) is 27.0 Å². The highest BCUT2D eigenvalue weighted by molar-refractivity contribution is 7.17. The van der Waals surface area contributed by atoms with Crippen LogP contribution < -0.4 is 5.32 Å². The standard InChI is InChI=1S/C16H11ClFN3OS/c1-9-14(23-16(20-9)13-4-2-3-7-19-13)15(22)21-10-5-6-12(18)11(17)8-10/h2-8H,1H3,(H,21,22). The number of hydrogen-bond donors (Lipinski definition) is 1. The summed E-state index contributed by atoms with van der Waals surface area (Å²) in [5.41, 5.74) is 1.75. The second-order valence-electron chi connectivity index (χ2n) is 4.73. The number of aromatic nitrogens is 2. The lowest BCUT2D eigenvalue weighted by Crippen LogP contribution is -2.11. The van der Waals surface area contributed by atoms with Crippen molar-refractivity contribution in [2.45, 2.75) is 6.92 Å². The van der Waals surface area contributed by atoms with E-state index >= 15 is 0 Å². The lowest BCUT2D eigenvalue weighted by molar-refractivity contribution is 0.103. The van der Waals surface area contributed by atoms with Crippen molar-refractivity contribution < 1.29 is 9.18 Å². The van der Waals surface area contributed by atoms with Gasteiger partial charge in [0.2, 0.25) is 0 Å². The van der Waals surface area contributed by atoms with Gasteiger partial charge >= 0.3 is 0 Å². The molecule has 3 rings (SSSR count). The van der Waals surface area contributed by atoms with Gasteiger partial charge in [0.05, 0.1) is 16.4 Å². The van der Waals surface area contributed by atoms with Gasteiger partial charge in [-0.2, -0.15) is 0 Å². The van der Waals surface area contributed by atoms with Crippen LogP contribution in [0.1, 0.15) is 15.4 Å². The first-order valence-corrected chi connectivity index (χ1v) is 7.89. The molecule has 7 heteroatoms. The molecule has 0 radical (unpaired) electrons. The van der Waals surface area contributed by atoms with Gasteiger partial charge < -0.3 is 5.32 Å². The monoisotopic (exact) mass is 347 g/mol. The maximum atomic E-state index is 13.2. The number of hydrogen-bond acceptors (Lipinski definition) is 4. The normalized spacial score (nSPS) is 10.6. The average molecular weight is 348 g/mol. The van der Waals surface area contributed by atoms with Gasteiger partial charge in [0.1, 0.15) is 15.7 Å². The molecule has 0 saturated heterocycles. The smallest absolute Gasteiger partial charge is 0.267 e. The fourth-order valence-electron chi connectivity index (χ4n) is 1.97. The molecule has 2 heterocycles. The van der Waals surface area contributed by atoms with Crippen LogP contribution in [0, 0.1) is 12.7 Å². The van der Waals surface area contributed by atoms with Crippen LogP contribution in [0.25, 0.3) is 10.7 Å². The summed E-state index contributed by atoms with van der Waals surface area (Å²) in [5, 5.41) is 3.32. The molecule has 0 atom stereocenters. The molecular weight excluding hydrogens is 337 g/mol. The highest BCUT2D eigenvalue weighted by atomic mass is 35.5. The van der Waals surface area contributed by atoms with E-state index in [0.717, 1.165) is 0 Å². The van der Waals surface area contributed by atoms with Gasteiger partial charge in [-0.05, 0) is 37.3 Å². The van der Waals surface area contributed by atoms with Crippen molar-refractivity contribution in [2.75, 3.05) is 5.32 Å². The molecule has 0 unspecified atom stereocenters. The number of halogens is 2. The Balaban J connectivity index is 1.85. The Kier molecular flexibility index (Phi) is 4.36. The summed E-state index contributed by atoms with van der Waals surface area (Å²) in [4.78, 5) is 21.5. The molecule has 0 fully saturated rings. The third-order valence-corrected chi connectivity index (χ3v) is 4.53. The quantitative estimate of drug-likeness (QED) is 0.755. The summed E-state index contributed by atoms with van der Waals surface area (Å²) >= 11 is 6.97. The number of carbonyl (C=O) groups is 1. The van der Waals surface area contributed by atoms with Gasteiger partial charge in [-0.15, -0.1) is 11.3 Å². The zero-order valence-corrected chi connectivity index (χ0v) is 13.6. The summed E-state index contributed by atoms with van der Waals surface area (Å²) < 4.78 is 13.2. The third kappa shape index (κ3) is 3.38. The van der Waals surface area contributed by atoms with Crippen LogP contribution >= 0.6 is 22.9 Å². The minimum atomic E-state index is -0.531. The summed E-state index contributed by atoms with van der Waals surface area (Å²) in [6, 6.07) is 9.53. The van der Waals surface area contributed by atoms with Crippen LogP contribution in [0.15, 0.2) is 42.6 Å². The Morgan fingerprint density at radius 2 is 2.13 bits per heavy atom. The molecule has 2 aromatic heterocycles. The zero-order chi connectivity index (χ0) is 16.4. The summed E-state index contributed by atoms with van der Waals surface area (Å²) in [5.74, 6) is -0.846. The number of amides is 1. The Bertz CT molecular complexity index is 867. The first-order chi connectivity index (χ1) is 11.0. The van der Waals surface area contributed by atoms with Gasteiger partial charge in [-0.1, -0.05) is 17.7 Å². The number of rotatable bonds is 3. The van der Waals surface area contributed by atoms with Crippen LogP contribution in [0.3, 0.4) is 0 Å². The maximum absolute atomic E-state index is 13.2. The van der Waals surface area contributed by atoms with Crippen LogP contribution in [0.2, 0.25) is 5.02 Å². The molecule has 3 aromatic rings. The van der Waals surface area contributed by atoms with Gasteiger partial charge in [0.25, 0.3) is 5.91 Å². The highest BCUT2D eigenvalue weighted by Gasteiger charge is 2.17. The van der Waals surface area contributed by atoms with Gasteiger partial charge in [-0.25, -0.2) is 9.37 Å². The zero-order valence-electron chi connectivity index (χ0n) is 12.0.